The van der Waals surface area contributed by atoms with E-state index in [9.17, 15) is 9.67 Å². The maximum absolute atomic E-state index is 12.2. The lowest BCUT2D eigenvalue weighted by atomic mass is 10.4. The van der Waals surface area contributed by atoms with Gasteiger partial charge in [0.1, 0.15) is 6.23 Å². The summed E-state index contributed by atoms with van der Waals surface area (Å²) in [5.41, 5.74) is 0. The van der Waals surface area contributed by atoms with Crippen LogP contribution in [0.4, 0.5) is 0 Å². The van der Waals surface area contributed by atoms with E-state index in [1.54, 1.807) is 0 Å². The van der Waals surface area contributed by atoms with Crippen LogP contribution in [0.15, 0.2) is 0 Å². The van der Waals surface area contributed by atoms with Crippen molar-refractivity contribution in [1.82, 2.24) is 9.76 Å². The number of rotatable bonds is 5. The first kappa shape index (κ1) is 13.7. The molecule has 0 aromatic carbocycles. The van der Waals surface area contributed by atoms with Gasteiger partial charge in [0.25, 0.3) is 0 Å². The number of nitrogens with one attached hydrogen (secondary N) is 1. The molecule has 1 heterocycles. The predicted molar refractivity (Wildman–Crippen MR) is 60.3 cm³/mol. The lowest BCUT2D eigenvalue weighted by Crippen LogP contribution is -2.43. The number of halogens is 2. The second-order valence-corrected chi connectivity index (χ2v) is 5.96. The molecule has 0 radical (unpaired) electrons. The molecular weight excluding hydrogens is 262 g/mol. The summed E-state index contributed by atoms with van der Waals surface area (Å²) in [6, 6.07) is 0. The van der Waals surface area contributed by atoms with Crippen LogP contribution in [0.2, 0.25) is 0 Å². The third-order valence-corrected chi connectivity index (χ3v) is 4.70. The topological polar surface area (TPSA) is 61.8 Å². The van der Waals surface area contributed by atoms with Crippen molar-refractivity contribution in [3.8, 4) is 0 Å². The Morgan fingerprint density at radius 2 is 2.27 bits per heavy atom. The van der Waals surface area contributed by atoms with Gasteiger partial charge in [-0.2, -0.15) is 4.67 Å². The molecule has 0 aromatic rings. The van der Waals surface area contributed by atoms with Crippen molar-refractivity contribution in [3.63, 3.8) is 0 Å². The molecule has 1 aliphatic rings. The first-order chi connectivity index (χ1) is 7.14. The van der Waals surface area contributed by atoms with Crippen LogP contribution < -0.4 is 5.09 Å². The molecule has 2 N–H and O–H groups in total. The number of aliphatic hydroxyl groups is 1. The minimum atomic E-state index is -3.15. The average Bonchev–Trinajstić information content (AvgIpc) is 2.21. The lowest BCUT2D eigenvalue weighted by molar-refractivity contribution is 0.00726. The van der Waals surface area contributed by atoms with E-state index in [0.717, 1.165) is 0 Å². The predicted octanol–water partition coefficient (Wildman–Crippen LogP) is 1.20. The van der Waals surface area contributed by atoms with Crippen molar-refractivity contribution in [2.45, 2.75) is 12.6 Å². The molecule has 1 aliphatic heterocycles. The molecule has 0 saturated carbocycles. The van der Waals surface area contributed by atoms with Crippen LogP contribution in [0.25, 0.3) is 0 Å². The zero-order chi connectivity index (χ0) is 11.3. The van der Waals surface area contributed by atoms with Gasteiger partial charge < -0.3 is 9.63 Å². The fraction of sp³-hybridized carbons (Fsp3) is 1.00. The molecule has 1 rings (SSSR count). The molecule has 5 nitrogen and oxygen atoms in total. The highest BCUT2D eigenvalue weighted by Gasteiger charge is 2.39. The number of nitrogens with zero attached hydrogens (tertiary/aromatic N) is 1. The molecule has 90 valence electrons. The summed E-state index contributed by atoms with van der Waals surface area (Å²) in [6.07, 6.45) is -0.338. The third kappa shape index (κ3) is 3.56. The van der Waals surface area contributed by atoms with Gasteiger partial charge in [0, 0.05) is 31.3 Å². The summed E-state index contributed by atoms with van der Waals surface area (Å²) in [7, 11) is -3.15. The van der Waals surface area contributed by atoms with E-state index in [1.807, 2.05) is 0 Å². The highest BCUT2D eigenvalue weighted by molar-refractivity contribution is 7.54. The van der Waals surface area contributed by atoms with Gasteiger partial charge >= 0.3 is 7.67 Å². The molecule has 1 saturated heterocycles. The van der Waals surface area contributed by atoms with Crippen LogP contribution in [-0.4, -0.2) is 47.5 Å². The van der Waals surface area contributed by atoms with E-state index in [1.165, 1.54) is 4.67 Å². The van der Waals surface area contributed by atoms with Crippen molar-refractivity contribution >= 4 is 30.9 Å². The molecule has 8 heteroatoms. The van der Waals surface area contributed by atoms with Crippen LogP contribution >= 0.6 is 30.9 Å². The first-order valence-corrected chi connectivity index (χ1v) is 7.35. The molecule has 0 aromatic heterocycles. The molecule has 2 atom stereocenters. The van der Waals surface area contributed by atoms with Gasteiger partial charge in [-0.15, -0.1) is 23.2 Å². The van der Waals surface area contributed by atoms with E-state index < -0.39 is 13.9 Å². The molecule has 0 bridgehead atoms. The maximum atomic E-state index is 12.2. The summed E-state index contributed by atoms with van der Waals surface area (Å²) >= 11 is 11.1. The van der Waals surface area contributed by atoms with Gasteiger partial charge in [-0.3, -0.25) is 4.57 Å². The van der Waals surface area contributed by atoms with Crippen LogP contribution in [0.5, 0.6) is 0 Å². The Morgan fingerprint density at radius 1 is 1.53 bits per heavy atom. The Balaban J connectivity index is 2.68. The standard InChI is InChI=1S/C7H15Cl2N2O3P/c8-2-4-10-15(13)11(5-3-9)7(12)1-6-14-15/h7,12H,1-6H2,(H,10,13)/t7?,15-/m1/s1. The zero-order valence-electron chi connectivity index (χ0n) is 8.23. The second-order valence-electron chi connectivity index (χ2n) is 3.07. The van der Waals surface area contributed by atoms with E-state index >= 15 is 0 Å². The van der Waals surface area contributed by atoms with Crippen molar-refractivity contribution in [2.75, 3.05) is 31.5 Å². The molecular formula is C7H15Cl2N2O3P. The van der Waals surface area contributed by atoms with E-state index in [2.05, 4.69) is 5.09 Å². The van der Waals surface area contributed by atoms with Gasteiger partial charge in [-0.25, -0.2) is 5.09 Å². The molecule has 15 heavy (non-hydrogen) atoms. The Morgan fingerprint density at radius 3 is 2.87 bits per heavy atom. The van der Waals surface area contributed by atoms with Crippen molar-refractivity contribution in [1.29, 1.82) is 0 Å². The summed E-state index contributed by atoms with van der Waals surface area (Å²) < 4.78 is 18.8. The number of hydrogen-bond acceptors (Lipinski definition) is 3. The van der Waals surface area contributed by atoms with Crippen LogP contribution in [0.3, 0.4) is 0 Å². The molecule has 1 unspecified atom stereocenters. The summed E-state index contributed by atoms with van der Waals surface area (Å²) in [5, 5.41) is 12.4. The van der Waals surface area contributed by atoms with Gasteiger partial charge in [-0.1, -0.05) is 0 Å². The van der Waals surface area contributed by atoms with Gasteiger partial charge in [0.2, 0.25) is 0 Å². The quantitative estimate of drug-likeness (QED) is 0.584. The second kappa shape index (κ2) is 6.40. The van der Waals surface area contributed by atoms with Gasteiger partial charge in [0.05, 0.1) is 6.61 Å². The number of aliphatic hydroxyl groups excluding tert-OH is 1. The van der Waals surface area contributed by atoms with E-state index in [0.29, 0.717) is 25.4 Å². The highest BCUT2D eigenvalue weighted by atomic mass is 35.5. The van der Waals surface area contributed by atoms with Crippen LogP contribution in [0, 0.1) is 0 Å². The monoisotopic (exact) mass is 276 g/mol. The van der Waals surface area contributed by atoms with Gasteiger partial charge in [0.15, 0.2) is 0 Å². The molecule has 0 aliphatic carbocycles. The fourth-order valence-electron chi connectivity index (χ4n) is 1.37. The lowest BCUT2D eigenvalue weighted by Gasteiger charge is -2.38. The van der Waals surface area contributed by atoms with E-state index in [-0.39, 0.29) is 12.5 Å². The first-order valence-electron chi connectivity index (χ1n) is 4.71. The summed E-state index contributed by atoms with van der Waals surface area (Å²) in [4.78, 5) is 0. The Bertz CT molecular complexity index is 244. The minimum Gasteiger partial charge on any atom is -0.378 e. The molecule has 0 amide bonds. The Kier molecular flexibility index (Phi) is 5.85. The normalized spacial score (nSPS) is 33.1. The molecule has 0 spiro atoms. The Hall–Kier alpha value is 0.650. The number of alkyl halides is 2. The molecule has 1 fully saturated rings. The zero-order valence-corrected chi connectivity index (χ0v) is 10.6. The average molecular weight is 277 g/mol. The number of hydrogen-bond donors (Lipinski definition) is 2. The van der Waals surface area contributed by atoms with Crippen LogP contribution in [0.1, 0.15) is 6.42 Å². The highest BCUT2D eigenvalue weighted by Crippen LogP contribution is 2.50. The van der Waals surface area contributed by atoms with E-state index in [4.69, 9.17) is 27.7 Å². The Labute approximate surface area is 99.2 Å². The van der Waals surface area contributed by atoms with Crippen molar-refractivity contribution in [3.05, 3.63) is 0 Å². The SMILES string of the molecule is O=[P@]1(NCCCl)OCCC(O)N1CCCl. The van der Waals surface area contributed by atoms with Crippen LogP contribution in [-0.2, 0) is 9.09 Å². The largest absolute Gasteiger partial charge is 0.378 e. The fourth-order valence-corrected chi connectivity index (χ4v) is 3.89. The van der Waals surface area contributed by atoms with Crippen molar-refractivity contribution in [2.24, 2.45) is 0 Å². The van der Waals surface area contributed by atoms with Gasteiger partial charge in [-0.05, 0) is 0 Å². The third-order valence-electron chi connectivity index (χ3n) is 2.04. The minimum absolute atomic E-state index is 0.270. The summed E-state index contributed by atoms with van der Waals surface area (Å²) in [5.74, 6) is 0.616. The maximum Gasteiger partial charge on any atom is 0.345 e. The van der Waals surface area contributed by atoms with Crippen molar-refractivity contribution < 1.29 is 14.2 Å². The summed E-state index contributed by atoms with van der Waals surface area (Å²) in [6.45, 7) is 0.951. The smallest absolute Gasteiger partial charge is 0.345 e.